The van der Waals surface area contributed by atoms with Crippen molar-refractivity contribution in [2.75, 3.05) is 6.61 Å². The first-order valence-electron chi connectivity index (χ1n) is 7.14. The fourth-order valence-electron chi connectivity index (χ4n) is 1.92. The third kappa shape index (κ3) is 4.90. The van der Waals surface area contributed by atoms with Gasteiger partial charge in [0.25, 0.3) is 0 Å². The Morgan fingerprint density at radius 2 is 1.92 bits per heavy atom. The summed E-state index contributed by atoms with van der Waals surface area (Å²) in [6, 6.07) is 15.9. The number of nitriles is 1. The molecule has 0 aliphatic carbocycles. The van der Waals surface area contributed by atoms with Gasteiger partial charge in [-0.05, 0) is 30.7 Å². The largest absolute Gasteiger partial charge is 0.453 e. The number of rotatable bonds is 5. The Morgan fingerprint density at radius 3 is 2.54 bits per heavy atom. The first-order chi connectivity index (χ1) is 11.5. The van der Waals surface area contributed by atoms with Gasteiger partial charge in [-0.3, -0.25) is 4.79 Å². The Morgan fingerprint density at radius 1 is 1.21 bits per heavy atom. The zero-order chi connectivity index (χ0) is 17.5. The van der Waals surface area contributed by atoms with Crippen LogP contribution >= 0.6 is 15.9 Å². The van der Waals surface area contributed by atoms with Gasteiger partial charge in [-0.25, -0.2) is 4.79 Å². The standard InChI is InChI=1S/C19H14BrNO3/c1-13-5-7-14(8-6-13)9-16(11-21)19(23)24-12-18(22)15-3-2-4-17(20)10-15/h2-10H,12H2,1H3/b16-9+. The molecule has 0 aromatic heterocycles. The van der Waals surface area contributed by atoms with Crippen LogP contribution in [-0.2, 0) is 9.53 Å². The highest BCUT2D eigenvalue weighted by molar-refractivity contribution is 9.10. The number of benzene rings is 2. The SMILES string of the molecule is Cc1ccc(/C=C(\C#N)C(=O)OCC(=O)c2cccc(Br)c2)cc1. The minimum Gasteiger partial charge on any atom is -0.453 e. The van der Waals surface area contributed by atoms with Crippen molar-refractivity contribution < 1.29 is 14.3 Å². The van der Waals surface area contributed by atoms with E-state index in [0.29, 0.717) is 11.1 Å². The number of halogens is 1. The van der Waals surface area contributed by atoms with Gasteiger partial charge in [-0.1, -0.05) is 57.9 Å². The number of ether oxygens (including phenoxy) is 1. The molecule has 0 heterocycles. The number of aryl methyl sites for hydroxylation is 1. The van der Waals surface area contributed by atoms with Gasteiger partial charge in [-0.15, -0.1) is 0 Å². The second-order valence-electron chi connectivity index (χ2n) is 5.09. The van der Waals surface area contributed by atoms with Gasteiger partial charge in [0, 0.05) is 10.0 Å². The van der Waals surface area contributed by atoms with Crippen molar-refractivity contribution in [2.24, 2.45) is 0 Å². The molecule has 0 bridgehead atoms. The highest BCUT2D eigenvalue weighted by atomic mass is 79.9. The van der Waals surface area contributed by atoms with E-state index in [1.54, 1.807) is 42.5 Å². The highest BCUT2D eigenvalue weighted by Crippen LogP contribution is 2.13. The molecule has 120 valence electrons. The van der Waals surface area contributed by atoms with E-state index in [-0.39, 0.29) is 11.4 Å². The third-order valence-electron chi connectivity index (χ3n) is 3.21. The van der Waals surface area contributed by atoms with Crippen LogP contribution in [0.2, 0.25) is 0 Å². The molecule has 0 unspecified atom stereocenters. The van der Waals surface area contributed by atoms with Crippen LogP contribution in [0.1, 0.15) is 21.5 Å². The summed E-state index contributed by atoms with van der Waals surface area (Å²) in [5.74, 6) is -1.15. The molecule has 0 saturated carbocycles. The van der Waals surface area contributed by atoms with Crippen molar-refractivity contribution in [3.8, 4) is 6.07 Å². The summed E-state index contributed by atoms with van der Waals surface area (Å²) in [6.45, 7) is 1.53. The van der Waals surface area contributed by atoms with Crippen LogP contribution < -0.4 is 0 Å². The Kier molecular flexibility index (Phi) is 6.05. The molecule has 2 aromatic rings. The van der Waals surface area contributed by atoms with Gasteiger partial charge in [0.1, 0.15) is 11.6 Å². The zero-order valence-electron chi connectivity index (χ0n) is 13.0. The predicted octanol–water partition coefficient (Wildman–Crippen LogP) is 4.09. The minimum atomic E-state index is -0.818. The van der Waals surface area contributed by atoms with Crippen molar-refractivity contribution in [2.45, 2.75) is 6.92 Å². The number of carbonyl (C=O) groups is 2. The fourth-order valence-corrected chi connectivity index (χ4v) is 2.32. The van der Waals surface area contributed by atoms with E-state index in [0.717, 1.165) is 10.0 Å². The topological polar surface area (TPSA) is 67.2 Å². The number of hydrogen-bond acceptors (Lipinski definition) is 4. The maximum Gasteiger partial charge on any atom is 0.349 e. The first kappa shape index (κ1) is 17.6. The lowest BCUT2D eigenvalue weighted by atomic mass is 10.1. The van der Waals surface area contributed by atoms with E-state index in [9.17, 15) is 9.59 Å². The second kappa shape index (κ2) is 8.23. The van der Waals surface area contributed by atoms with Crippen LogP contribution in [-0.4, -0.2) is 18.4 Å². The third-order valence-corrected chi connectivity index (χ3v) is 3.70. The van der Waals surface area contributed by atoms with Gasteiger partial charge >= 0.3 is 5.97 Å². The summed E-state index contributed by atoms with van der Waals surface area (Å²) in [5, 5.41) is 9.12. The lowest BCUT2D eigenvalue weighted by Gasteiger charge is -2.04. The van der Waals surface area contributed by atoms with E-state index in [4.69, 9.17) is 10.00 Å². The Bertz CT molecular complexity index is 832. The van der Waals surface area contributed by atoms with E-state index in [2.05, 4.69) is 15.9 Å². The van der Waals surface area contributed by atoms with Gasteiger partial charge in [0.2, 0.25) is 0 Å². The van der Waals surface area contributed by atoms with Crippen LogP contribution in [0.15, 0.2) is 58.6 Å². The van der Waals surface area contributed by atoms with Crippen molar-refractivity contribution in [3.63, 3.8) is 0 Å². The van der Waals surface area contributed by atoms with Crippen LogP contribution in [0.3, 0.4) is 0 Å². The molecule has 24 heavy (non-hydrogen) atoms. The maximum absolute atomic E-state index is 12.0. The molecule has 2 rings (SSSR count). The lowest BCUT2D eigenvalue weighted by molar-refractivity contribution is -0.137. The molecule has 0 radical (unpaired) electrons. The lowest BCUT2D eigenvalue weighted by Crippen LogP contribution is -2.15. The smallest absolute Gasteiger partial charge is 0.349 e. The number of carbonyl (C=O) groups excluding carboxylic acids is 2. The summed E-state index contributed by atoms with van der Waals surface area (Å²) in [5.41, 5.74) is 2.07. The Labute approximate surface area is 148 Å². The molecule has 5 heteroatoms. The average Bonchev–Trinajstić information content (AvgIpc) is 2.58. The molecular weight excluding hydrogens is 370 g/mol. The van der Waals surface area contributed by atoms with Crippen molar-refractivity contribution in [1.82, 2.24) is 0 Å². The molecule has 0 atom stereocenters. The fraction of sp³-hybridized carbons (Fsp3) is 0.105. The normalized spacial score (nSPS) is 10.8. The molecule has 0 aliphatic heterocycles. The van der Waals surface area contributed by atoms with Crippen LogP contribution in [0.25, 0.3) is 6.08 Å². The molecule has 2 aromatic carbocycles. The summed E-state index contributed by atoms with van der Waals surface area (Å²) in [7, 11) is 0. The minimum absolute atomic E-state index is 0.152. The van der Waals surface area contributed by atoms with Gasteiger partial charge in [0.15, 0.2) is 12.4 Å². The summed E-state index contributed by atoms with van der Waals surface area (Å²) < 4.78 is 5.71. The van der Waals surface area contributed by atoms with E-state index in [1.807, 2.05) is 19.1 Å². The summed E-state index contributed by atoms with van der Waals surface area (Å²) >= 11 is 3.27. The quantitative estimate of drug-likeness (QED) is 0.337. The van der Waals surface area contributed by atoms with Crippen molar-refractivity contribution in [3.05, 3.63) is 75.3 Å². The van der Waals surface area contributed by atoms with E-state index in [1.165, 1.54) is 6.08 Å². The van der Waals surface area contributed by atoms with Gasteiger partial charge in [0.05, 0.1) is 0 Å². The monoisotopic (exact) mass is 383 g/mol. The zero-order valence-corrected chi connectivity index (χ0v) is 14.5. The van der Waals surface area contributed by atoms with Crippen molar-refractivity contribution in [1.29, 1.82) is 5.26 Å². The number of esters is 1. The molecule has 4 nitrogen and oxygen atoms in total. The molecule has 0 fully saturated rings. The number of Topliss-reactive ketones (excluding diaryl/α,β-unsaturated/α-hetero) is 1. The molecule has 0 aliphatic rings. The van der Waals surface area contributed by atoms with E-state index >= 15 is 0 Å². The summed E-state index contributed by atoms with van der Waals surface area (Å²) in [6.07, 6.45) is 1.44. The van der Waals surface area contributed by atoms with Crippen LogP contribution in [0.5, 0.6) is 0 Å². The first-order valence-corrected chi connectivity index (χ1v) is 7.93. The maximum atomic E-state index is 12.0. The van der Waals surface area contributed by atoms with Crippen LogP contribution in [0, 0.1) is 18.3 Å². The average molecular weight is 384 g/mol. The number of ketones is 1. The molecule has 0 spiro atoms. The van der Waals surface area contributed by atoms with Crippen LogP contribution in [0.4, 0.5) is 0 Å². The van der Waals surface area contributed by atoms with Crippen molar-refractivity contribution >= 4 is 33.8 Å². The summed E-state index contributed by atoms with van der Waals surface area (Å²) in [4.78, 5) is 24.0. The van der Waals surface area contributed by atoms with Gasteiger partial charge in [-0.2, -0.15) is 5.26 Å². The number of hydrogen-bond donors (Lipinski definition) is 0. The molecule has 0 saturated heterocycles. The molecule has 0 amide bonds. The Balaban J connectivity index is 2.03. The van der Waals surface area contributed by atoms with Gasteiger partial charge < -0.3 is 4.74 Å². The highest BCUT2D eigenvalue weighted by Gasteiger charge is 2.14. The molecule has 0 N–H and O–H groups in total. The molecular formula is C19H14BrNO3. The number of nitrogens with zero attached hydrogens (tertiary/aromatic N) is 1. The predicted molar refractivity (Wildman–Crippen MR) is 94.2 cm³/mol. The Hall–Kier alpha value is -2.71. The van der Waals surface area contributed by atoms with E-state index < -0.39 is 12.6 Å². The second-order valence-corrected chi connectivity index (χ2v) is 6.01.